The zero-order chi connectivity index (χ0) is 13.3. The number of nitrogens with one attached hydrogen (secondary N) is 1. The maximum Gasteiger partial charge on any atom is 0.337 e. The van der Waals surface area contributed by atoms with Gasteiger partial charge in [0.05, 0.1) is 10.6 Å². The number of carboxylic acid groups (broad SMARTS) is 1. The summed E-state index contributed by atoms with van der Waals surface area (Å²) in [5, 5.41) is 16.4. The Bertz CT molecular complexity index is 588. The lowest BCUT2D eigenvalue weighted by atomic mass is 10.2. The predicted octanol–water partition coefficient (Wildman–Crippen LogP) is 2.82. The van der Waals surface area contributed by atoms with Crippen LogP contribution in [0.2, 0.25) is 5.02 Å². The number of benzene rings is 1. The Balaban J connectivity index is 2.25. The molecule has 5 nitrogen and oxygen atoms in total. The Morgan fingerprint density at radius 3 is 2.67 bits per heavy atom. The van der Waals surface area contributed by atoms with Gasteiger partial charge in [-0.15, -0.1) is 0 Å². The van der Waals surface area contributed by atoms with Gasteiger partial charge in [0.25, 0.3) is 0 Å². The van der Waals surface area contributed by atoms with E-state index in [4.69, 9.17) is 16.7 Å². The minimum absolute atomic E-state index is 0.0828. The summed E-state index contributed by atoms with van der Waals surface area (Å²) < 4.78 is 1.75. The molecule has 18 heavy (non-hydrogen) atoms. The highest BCUT2D eigenvalue weighted by molar-refractivity contribution is 6.33. The van der Waals surface area contributed by atoms with Gasteiger partial charge in [-0.05, 0) is 25.1 Å². The first-order valence-electron chi connectivity index (χ1n) is 5.28. The molecule has 1 heterocycles. The summed E-state index contributed by atoms with van der Waals surface area (Å²) in [5.41, 5.74) is 1.80. The Hall–Kier alpha value is -2.01. The third kappa shape index (κ3) is 2.46. The molecule has 0 aliphatic heterocycles. The second-order valence-corrected chi connectivity index (χ2v) is 4.33. The van der Waals surface area contributed by atoms with E-state index in [1.807, 2.05) is 20.0 Å². The molecule has 6 heteroatoms. The van der Waals surface area contributed by atoms with Gasteiger partial charge in [-0.3, -0.25) is 4.68 Å². The van der Waals surface area contributed by atoms with E-state index in [1.54, 1.807) is 16.8 Å². The van der Waals surface area contributed by atoms with Gasteiger partial charge in [-0.1, -0.05) is 11.6 Å². The summed E-state index contributed by atoms with van der Waals surface area (Å²) in [4.78, 5) is 10.8. The van der Waals surface area contributed by atoms with Crippen molar-refractivity contribution in [2.45, 2.75) is 6.92 Å². The van der Waals surface area contributed by atoms with Gasteiger partial charge in [0.1, 0.15) is 0 Å². The monoisotopic (exact) mass is 265 g/mol. The molecule has 0 amide bonds. The number of carbonyl (C=O) groups is 1. The Morgan fingerprint density at radius 1 is 1.44 bits per heavy atom. The van der Waals surface area contributed by atoms with Crippen LogP contribution >= 0.6 is 11.6 Å². The van der Waals surface area contributed by atoms with Crippen LogP contribution in [0.1, 0.15) is 16.1 Å². The molecule has 0 saturated carbocycles. The van der Waals surface area contributed by atoms with Crippen molar-refractivity contribution in [1.29, 1.82) is 0 Å². The van der Waals surface area contributed by atoms with Crippen molar-refractivity contribution in [3.05, 3.63) is 40.5 Å². The first kappa shape index (κ1) is 12.4. The summed E-state index contributed by atoms with van der Waals surface area (Å²) in [6.45, 7) is 1.94. The van der Waals surface area contributed by atoms with Crippen LogP contribution in [0.15, 0.2) is 24.3 Å². The summed E-state index contributed by atoms with van der Waals surface area (Å²) in [7, 11) is 1.85. The van der Waals surface area contributed by atoms with Crippen molar-refractivity contribution in [3.8, 4) is 0 Å². The second-order valence-electron chi connectivity index (χ2n) is 3.92. The molecule has 0 fully saturated rings. The number of carboxylic acids is 1. The molecule has 0 unspecified atom stereocenters. The third-order valence-electron chi connectivity index (χ3n) is 2.59. The number of aromatic nitrogens is 2. The van der Waals surface area contributed by atoms with E-state index < -0.39 is 5.97 Å². The maximum atomic E-state index is 10.8. The van der Waals surface area contributed by atoms with E-state index in [2.05, 4.69) is 10.4 Å². The summed E-state index contributed by atoms with van der Waals surface area (Å²) in [5.74, 6) is -0.352. The molecule has 0 aliphatic rings. The fourth-order valence-electron chi connectivity index (χ4n) is 1.54. The lowest BCUT2D eigenvalue weighted by molar-refractivity contribution is 0.0697. The van der Waals surface area contributed by atoms with E-state index in [1.165, 1.54) is 6.07 Å². The molecule has 0 aliphatic carbocycles. The molecule has 2 rings (SSSR count). The van der Waals surface area contributed by atoms with E-state index in [-0.39, 0.29) is 10.6 Å². The minimum Gasteiger partial charge on any atom is -0.478 e. The van der Waals surface area contributed by atoms with Gasteiger partial charge in [-0.25, -0.2) is 4.79 Å². The second kappa shape index (κ2) is 4.70. The largest absolute Gasteiger partial charge is 0.478 e. The van der Waals surface area contributed by atoms with Crippen LogP contribution in [0.4, 0.5) is 11.5 Å². The smallest absolute Gasteiger partial charge is 0.337 e. The quantitative estimate of drug-likeness (QED) is 0.895. The molecular formula is C12H12ClN3O2. The van der Waals surface area contributed by atoms with Crippen LogP contribution in [0, 0.1) is 6.92 Å². The zero-order valence-electron chi connectivity index (χ0n) is 9.94. The van der Waals surface area contributed by atoms with E-state index in [0.29, 0.717) is 11.5 Å². The number of rotatable bonds is 3. The number of hydrogen-bond donors (Lipinski definition) is 2. The van der Waals surface area contributed by atoms with Gasteiger partial charge in [0.15, 0.2) is 5.82 Å². The fraction of sp³-hybridized carbons (Fsp3) is 0.167. The molecule has 94 valence electrons. The standard InChI is InChI=1S/C12H12ClN3O2/c1-7-5-11(15-16(7)2)14-8-3-4-9(12(17)18)10(13)6-8/h3-6H,1-2H3,(H,14,15)(H,17,18). The maximum absolute atomic E-state index is 10.8. The predicted molar refractivity (Wildman–Crippen MR) is 69.6 cm³/mol. The molecule has 0 atom stereocenters. The van der Waals surface area contributed by atoms with Gasteiger partial charge >= 0.3 is 5.97 Å². The Labute approximate surface area is 109 Å². The Morgan fingerprint density at radius 2 is 2.17 bits per heavy atom. The molecule has 1 aromatic carbocycles. The molecule has 0 spiro atoms. The molecule has 0 radical (unpaired) electrons. The minimum atomic E-state index is -1.04. The van der Waals surface area contributed by atoms with E-state index in [9.17, 15) is 4.79 Å². The zero-order valence-corrected chi connectivity index (χ0v) is 10.7. The fourth-order valence-corrected chi connectivity index (χ4v) is 1.80. The lowest BCUT2D eigenvalue weighted by Crippen LogP contribution is -1.99. The molecule has 0 saturated heterocycles. The molecule has 2 aromatic rings. The first-order chi connectivity index (χ1) is 8.47. The molecular weight excluding hydrogens is 254 g/mol. The number of halogens is 1. The summed E-state index contributed by atoms with van der Waals surface area (Å²) in [6.07, 6.45) is 0. The third-order valence-corrected chi connectivity index (χ3v) is 2.90. The number of nitrogens with zero attached hydrogens (tertiary/aromatic N) is 2. The van der Waals surface area contributed by atoms with Gasteiger partial charge < -0.3 is 10.4 Å². The summed E-state index contributed by atoms with van der Waals surface area (Å²) >= 11 is 5.88. The van der Waals surface area contributed by atoms with Crippen molar-refractivity contribution in [3.63, 3.8) is 0 Å². The molecule has 0 bridgehead atoms. The Kier molecular flexibility index (Phi) is 3.25. The molecule has 2 N–H and O–H groups in total. The lowest BCUT2D eigenvalue weighted by Gasteiger charge is -2.05. The SMILES string of the molecule is Cc1cc(Nc2ccc(C(=O)O)c(Cl)c2)nn1C. The average Bonchev–Trinajstić information content (AvgIpc) is 2.57. The van der Waals surface area contributed by atoms with Gasteiger partial charge in [0, 0.05) is 24.5 Å². The van der Waals surface area contributed by atoms with Crippen molar-refractivity contribution in [2.75, 3.05) is 5.32 Å². The van der Waals surface area contributed by atoms with Crippen LogP contribution in [0.25, 0.3) is 0 Å². The first-order valence-corrected chi connectivity index (χ1v) is 5.65. The van der Waals surface area contributed by atoms with Crippen LogP contribution < -0.4 is 5.32 Å². The van der Waals surface area contributed by atoms with Gasteiger partial charge in [-0.2, -0.15) is 5.10 Å². The number of hydrogen-bond acceptors (Lipinski definition) is 3. The highest BCUT2D eigenvalue weighted by Gasteiger charge is 2.09. The number of aryl methyl sites for hydroxylation is 2. The number of aromatic carboxylic acids is 1. The van der Waals surface area contributed by atoms with Crippen LogP contribution in [-0.2, 0) is 7.05 Å². The topological polar surface area (TPSA) is 67.2 Å². The van der Waals surface area contributed by atoms with E-state index in [0.717, 1.165) is 5.69 Å². The molecule has 1 aromatic heterocycles. The number of anilines is 2. The van der Waals surface area contributed by atoms with Crippen molar-refractivity contribution < 1.29 is 9.90 Å². The average molecular weight is 266 g/mol. The van der Waals surface area contributed by atoms with E-state index >= 15 is 0 Å². The van der Waals surface area contributed by atoms with Crippen LogP contribution in [0.3, 0.4) is 0 Å². The van der Waals surface area contributed by atoms with Gasteiger partial charge in [0.2, 0.25) is 0 Å². The van der Waals surface area contributed by atoms with Crippen LogP contribution in [-0.4, -0.2) is 20.9 Å². The van der Waals surface area contributed by atoms with Crippen LogP contribution in [0.5, 0.6) is 0 Å². The highest BCUT2D eigenvalue weighted by atomic mass is 35.5. The normalized spacial score (nSPS) is 10.4. The van der Waals surface area contributed by atoms with Crippen molar-refractivity contribution in [1.82, 2.24) is 9.78 Å². The van der Waals surface area contributed by atoms with Crippen molar-refractivity contribution >= 4 is 29.1 Å². The summed E-state index contributed by atoms with van der Waals surface area (Å²) in [6, 6.07) is 6.57. The van der Waals surface area contributed by atoms with Crippen molar-refractivity contribution in [2.24, 2.45) is 7.05 Å². The highest BCUT2D eigenvalue weighted by Crippen LogP contribution is 2.23.